The molecule has 0 unspecified atom stereocenters. The van der Waals surface area contributed by atoms with Crippen LogP contribution in [0.4, 0.5) is 0 Å². The largest absolute Gasteiger partial charge is 0.479 e. The first-order valence-electron chi connectivity index (χ1n) is 8.98. The van der Waals surface area contributed by atoms with Gasteiger partial charge in [0.1, 0.15) is 0 Å². The zero-order chi connectivity index (χ0) is 22.3. The summed E-state index contributed by atoms with van der Waals surface area (Å²) in [6.45, 7) is 3.32. The second kappa shape index (κ2) is 10.9. The molecule has 0 fully saturated rings. The zero-order valence-corrected chi connectivity index (χ0v) is 19.9. The molecule has 1 N–H and O–H groups in total. The first-order valence-corrected chi connectivity index (χ1v) is 12.2. The smallest absolute Gasteiger partial charge is 0.351 e. The number of methoxy groups -OCH3 is 1. The molecule has 1 heterocycles. The molecule has 0 atom stereocenters. The highest BCUT2D eigenvalue weighted by Gasteiger charge is 2.25. The van der Waals surface area contributed by atoms with E-state index in [1.54, 1.807) is 26.0 Å². The molecule has 164 valence electrons. The van der Waals surface area contributed by atoms with Gasteiger partial charge in [-0.15, -0.1) is 11.3 Å². The first-order chi connectivity index (χ1) is 14.2. The minimum atomic E-state index is -3.28. The van der Waals surface area contributed by atoms with Gasteiger partial charge in [-0.05, 0) is 40.9 Å². The van der Waals surface area contributed by atoms with Crippen molar-refractivity contribution in [3.8, 4) is 16.2 Å². The summed E-state index contributed by atoms with van der Waals surface area (Å²) in [5, 5.41) is 0. The zero-order valence-electron chi connectivity index (χ0n) is 16.7. The van der Waals surface area contributed by atoms with Gasteiger partial charge in [0.25, 0.3) is 0 Å². The third-order valence-electron chi connectivity index (χ3n) is 3.91. The fourth-order valence-corrected chi connectivity index (χ4v) is 4.91. The fraction of sp³-hybridized carbons (Fsp3) is 0.368. The molecule has 8 nitrogen and oxygen atoms in total. The lowest BCUT2D eigenvalue weighted by atomic mass is 10.1. The third-order valence-corrected chi connectivity index (χ3v) is 7.48. The number of carbonyl (C=O) groups is 2. The number of ether oxygens (including phenoxy) is 3. The summed E-state index contributed by atoms with van der Waals surface area (Å²) in [5.74, 6) is -0.920. The van der Waals surface area contributed by atoms with Crippen molar-refractivity contribution in [1.29, 1.82) is 0 Å². The molecule has 2 aromatic rings. The van der Waals surface area contributed by atoms with Gasteiger partial charge in [0, 0.05) is 6.54 Å². The first kappa shape index (κ1) is 24.3. The highest BCUT2D eigenvalue weighted by Crippen LogP contribution is 2.45. The second-order valence-electron chi connectivity index (χ2n) is 5.91. The maximum Gasteiger partial charge on any atom is 0.351 e. The van der Waals surface area contributed by atoms with Crippen LogP contribution in [0.5, 0.6) is 5.75 Å². The van der Waals surface area contributed by atoms with E-state index in [1.165, 1.54) is 7.11 Å². The summed E-state index contributed by atoms with van der Waals surface area (Å²) >= 11 is 4.60. The van der Waals surface area contributed by atoms with Gasteiger partial charge in [-0.25, -0.2) is 22.7 Å². The lowest BCUT2D eigenvalue weighted by Gasteiger charge is -2.07. The topological polar surface area (TPSA) is 108 Å². The van der Waals surface area contributed by atoms with Gasteiger partial charge in [0.2, 0.25) is 10.0 Å². The fourth-order valence-electron chi connectivity index (χ4n) is 2.34. The van der Waals surface area contributed by atoms with Crippen LogP contribution >= 0.6 is 27.3 Å². The van der Waals surface area contributed by atoms with Gasteiger partial charge in [0.05, 0.1) is 28.8 Å². The Labute approximate surface area is 187 Å². The molecule has 0 spiro atoms. The average molecular weight is 520 g/mol. The number of rotatable bonds is 10. The molecule has 2 rings (SSSR count). The van der Waals surface area contributed by atoms with Crippen molar-refractivity contribution in [2.75, 3.05) is 26.1 Å². The van der Waals surface area contributed by atoms with Crippen molar-refractivity contribution in [1.82, 2.24) is 4.72 Å². The molecule has 30 heavy (non-hydrogen) atoms. The number of halogens is 1. The van der Waals surface area contributed by atoms with Gasteiger partial charge >= 0.3 is 11.9 Å². The molecular formula is C19H22BrNO7S2. The van der Waals surface area contributed by atoms with E-state index in [0.29, 0.717) is 9.35 Å². The van der Waals surface area contributed by atoms with E-state index in [9.17, 15) is 18.0 Å². The molecule has 0 aliphatic rings. The number of benzene rings is 1. The summed E-state index contributed by atoms with van der Waals surface area (Å²) in [4.78, 5) is 24.7. The summed E-state index contributed by atoms with van der Waals surface area (Å²) in [6.07, 6.45) is 0. The van der Waals surface area contributed by atoms with Crippen LogP contribution in [-0.2, 0) is 30.8 Å². The second-order valence-corrected chi connectivity index (χ2v) is 9.82. The van der Waals surface area contributed by atoms with Gasteiger partial charge in [-0.3, -0.25) is 0 Å². The number of carbonyl (C=O) groups excluding carboxylic acids is 2. The Morgan fingerprint density at radius 3 is 2.40 bits per heavy atom. The van der Waals surface area contributed by atoms with E-state index in [0.717, 1.165) is 22.5 Å². The quantitative estimate of drug-likeness (QED) is 0.479. The number of thiophene rings is 1. The molecule has 0 saturated carbocycles. The number of nitrogens with one attached hydrogen (secondary N) is 1. The maximum atomic E-state index is 12.2. The molecule has 0 aliphatic carbocycles. The van der Waals surface area contributed by atoms with Crippen molar-refractivity contribution in [3.63, 3.8) is 0 Å². The van der Waals surface area contributed by atoms with Crippen molar-refractivity contribution in [3.05, 3.63) is 39.2 Å². The number of esters is 2. The lowest BCUT2D eigenvalue weighted by Crippen LogP contribution is -2.24. The molecule has 0 aliphatic heterocycles. The third kappa shape index (κ3) is 6.27. The molecular weight excluding hydrogens is 498 g/mol. The van der Waals surface area contributed by atoms with Crippen molar-refractivity contribution in [2.24, 2.45) is 0 Å². The van der Waals surface area contributed by atoms with Crippen LogP contribution < -0.4 is 9.46 Å². The van der Waals surface area contributed by atoms with Gasteiger partial charge in [-0.2, -0.15) is 0 Å². The van der Waals surface area contributed by atoms with E-state index in [1.807, 2.05) is 12.1 Å². The van der Waals surface area contributed by atoms with Crippen LogP contribution in [0.15, 0.2) is 28.7 Å². The Hall–Kier alpha value is -1.95. The molecule has 1 aromatic heterocycles. The number of sulfonamides is 1. The van der Waals surface area contributed by atoms with E-state index >= 15 is 0 Å². The Morgan fingerprint density at radius 2 is 1.83 bits per heavy atom. The van der Waals surface area contributed by atoms with Crippen LogP contribution in [0.2, 0.25) is 0 Å². The van der Waals surface area contributed by atoms with Crippen molar-refractivity contribution in [2.45, 2.75) is 20.4 Å². The number of hydrogen-bond donors (Lipinski definition) is 1. The molecule has 0 radical (unpaired) electrons. The van der Waals surface area contributed by atoms with Gasteiger partial charge in [0.15, 0.2) is 17.2 Å². The van der Waals surface area contributed by atoms with Crippen molar-refractivity contribution < 1.29 is 32.2 Å². The summed E-state index contributed by atoms with van der Waals surface area (Å²) in [5.41, 5.74) is 1.57. The normalized spacial score (nSPS) is 11.2. The highest BCUT2D eigenvalue weighted by molar-refractivity contribution is 9.10. The molecule has 1 aromatic carbocycles. The average Bonchev–Trinajstić information content (AvgIpc) is 3.07. The van der Waals surface area contributed by atoms with E-state index < -0.39 is 22.0 Å². The predicted octanol–water partition coefficient (Wildman–Crippen LogP) is 3.35. The molecule has 0 saturated heterocycles. The maximum absolute atomic E-state index is 12.2. The van der Waals surface area contributed by atoms with Crippen LogP contribution in [0.1, 0.15) is 29.1 Å². The SMILES string of the molecule is CCOC(=O)COc1c(C(=O)OC)sc(-c2ccc(CNS(=O)(=O)CC)cc2)c1Br. The monoisotopic (exact) mass is 519 g/mol. The van der Waals surface area contributed by atoms with Crippen LogP contribution in [0, 0.1) is 0 Å². The minimum absolute atomic E-state index is 0.0120. The minimum Gasteiger partial charge on any atom is -0.479 e. The van der Waals surface area contributed by atoms with Crippen molar-refractivity contribution >= 4 is 49.2 Å². The molecule has 0 amide bonds. The van der Waals surface area contributed by atoms with E-state index in [2.05, 4.69) is 20.7 Å². The molecule has 0 bridgehead atoms. The van der Waals surface area contributed by atoms with E-state index in [4.69, 9.17) is 14.2 Å². The summed E-state index contributed by atoms with van der Waals surface area (Å²) in [6, 6.07) is 7.19. The standard InChI is InChI=1S/C19H22BrNO7S2/c1-4-27-14(22)11-28-16-15(20)17(29-18(16)19(23)26-3)13-8-6-12(7-9-13)10-21-30(24,25)5-2/h6-9,21H,4-5,10-11H2,1-3H3. The summed E-state index contributed by atoms with van der Waals surface area (Å²) < 4.78 is 41.4. The predicted molar refractivity (Wildman–Crippen MR) is 117 cm³/mol. The lowest BCUT2D eigenvalue weighted by molar-refractivity contribution is -0.145. The molecule has 11 heteroatoms. The van der Waals surface area contributed by atoms with E-state index in [-0.39, 0.29) is 36.1 Å². The highest BCUT2D eigenvalue weighted by atomic mass is 79.9. The van der Waals surface area contributed by atoms with Crippen LogP contribution in [0.3, 0.4) is 0 Å². The Bertz CT molecular complexity index is 1000. The van der Waals surface area contributed by atoms with Gasteiger partial charge < -0.3 is 14.2 Å². The Balaban J connectivity index is 2.28. The van der Waals surface area contributed by atoms with Gasteiger partial charge in [-0.1, -0.05) is 24.3 Å². The Morgan fingerprint density at radius 1 is 1.17 bits per heavy atom. The van der Waals surface area contributed by atoms with Crippen LogP contribution in [-0.4, -0.2) is 46.4 Å². The van der Waals surface area contributed by atoms with Crippen LogP contribution in [0.25, 0.3) is 10.4 Å². The summed E-state index contributed by atoms with van der Waals surface area (Å²) in [7, 11) is -2.02. The Kier molecular flexibility index (Phi) is 8.83. The number of hydrogen-bond acceptors (Lipinski definition) is 8.